The van der Waals surface area contributed by atoms with E-state index in [0.29, 0.717) is 11.3 Å². The van der Waals surface area contributed by atoms with Crippen LogP contribution in [-0.4, -0.2) is 13.1 Å². The summed E-state index contributed by atoms with van der Waals surface area (Å²) in [6, 6.07) is 12.8. The molecule has 0 aliphatic carbocycles. The lowest BCUT2D eigenvalue weighted by atomic mass is 10.1. The lowest BCUT2D eigenvalue weighted by molar-refractivity contribution is -0.139. The number of benzene rings is 2. The minimum absolute atomic E-state index is 0.176. The zero-order valence-corrected chi connectivity index (χ0v) is 13.7. The Balaban J connectivity index is 2.07. The third kappa shape index (κ3) is 5.11. The van der Waals surface area contributed by atoms with Crippen molar-refractivity contribution in [1.82, 2.24) is 0 Å². The van der Waals surface area contributed by atoms with Crippen LogP contribution in [0.25, 0.3) is 6.08 Å². The van der Waals surface area contributed by atoms with E-state index in [4.69, 9.17) is 14.7 Å². The van der Waals surface area contributed by atoms with E-state index in [9.17, 15) is 18.0 Å². The minimum atomic E-state index is -4.48. The molecule has 0 atom stereocenters. The maximum atomic E-state index is 12.7. The quantitative estimate of drug-likeness (QED) is 0.451. The summed E-state index contributed by atoms with van der Waals surface area (Å²) in [5, 5.41) is 9.11. The highest BCUT2D eigenvalue weighted by atomic mass is 19.4. The van der Waals surface area contributed by atoms with Crippen LogP contribution in [0, 0.1) is 11.3 Å². The Labute approximate surface area is 148 Å². The highest BCUT2D eigenvalue weighted by molar-refractivity contribution is 5.97. The Morgan fingerprint density at radius 1 is 1.19 bits per heavy atom. The Morgan fingerprint density at radius 3 is 2.46 bits per heavy atom. The Kier molecular flexibility index (Phi) is 6.02. The van der Waals surface area contributed by atoms with E-state index in [0.717, 1.165) is 12.1 Å². The van der Waals surface area contributed by atoms with Crippen LogP contribution in [0.1, 0.15) is 16.7 Å². The highest BCUT2D eigenvalue weighted by Crippen LogP contribution is 2.29. The van der Waals surface area contributed by atoms with E-state index in [1.807, 2.05) is 0 Å². The number of hydrogen-bond acceptors (Lipinski definition) is 4. The van der Waals surface area contributed by atoms with E-state index in [-0.39, 0.29) is 17.7 Å². The SMILES string of the molecule is COc1ccc(/C=C(\C#N)C(=O)OCc2cccc(C(F)(F)F)c2)cc1. The van der Waals surface area contributed by atoms with Crippen molar-refractivity contribution in [3.05, 3.63) is 70.8 Å². The van der Waals surface area contributed by atoms with Gasteiger partial charge in [0.05, 0.1) is 12.7 Å². The monoisotopic (exact) mass is 361 g/mol. The fourth-order valence-electron chi connectivity index (χ4n) is 2.07. The molecule has 0 saturated carbocycles. The van der Waals surface area contributed by atoms with Gasteiger partial charge in [0.1, 0.15) is 24.0 Å². The fourth-order valence-corrected chi connectivity index (χ4v) is 2.07. The number of halogens is 3. The fraction of sp³-hybridized carbons (Fsp3) is 0.158. The van der Waals surface area contributed by atoms with Crippen LogP contribution >= 0.6 is 0 Å². The lowest BCUT2D eigenvalue weighted by Crippen LogP contribution is -2.09. The maximum Gasteiger partial charge on any atom is 0.416 e. The first kappa shape index (κ1) is 19.1. The zero-order chi connectivity index (χ0) is 19.2. The number of nitriles is 1. The van der Waals surface area contributed by atoms with Crippen molar-refractivity contribution in [3.8, 4) is 11.8 Å². The molecule has 134 valence electrons. The molecule has 7 heteroatoms. The van der Waals surface area contributed by atoms with Crippen LogP contribution in [0.2, 0.25) is 0 Å². The van der Waals surface area contributed by atoms with Gasteiger partial charge >= 0.3 is 12.1 Å². The van der Waals surface area contributed by atoms with Gasteiger partial charge in [0, 0.05) is 0 Å². The number of hydrogen-bond donors (Lipinski definition) is 0. The number of methoxy groups -OCH3 is 1. The highest BCUT2D eigenvalue weighted by Gasteiger charge is 2.30. The average Bonchev–Trinajstić information content (AvgIpc) is 2.64. The molecular formula is C19H14F3NO3. The molecule has 0 unspecified atom stereocenters. The number of esters is 1. The summed E-state index contributed by atoms with van der Waals surface area (Å²) in [7, 11) is 1.51. The van der Waals surface area contributed by atoms with Gasteiger partial charge < -0.3 is 9.47 Å². The second-order valence-corrected chi connectivity index (χ2v) is 5.22. The number of ether oxygens (including phenoxy) is 2. The standard InChI is InChI=1S/C19H14F3NO3/c1-25-17-7-5-13(6-8-17)9-15(11-23)18(24)26-12-14-3-2-4-16(10-14)19(20,21)22/h2-10H,12H2,1H3/b15-9+. The van der Waals surface area contributed by atoms with Gasteiger partial charge in [-0.3, -0.25) is 0 Å². The first-order chi connectivity index (χ1) is 12.3. The number of rotatable bonds is 5. The van der Waals surface area contributed by atoms with Crippen molar-refractivity contribution in [3.63, 3.8) is 0 Å². The van der Waals surface area contributed by atoms with Crippen molar-refractivity contribution < 1.29 is 27.4 Å². The van der Waals surface area contributed by atoms with Crippen molar-refractivity contribution in [2.45, 2.75) is 12.8 Å². The maximum absolute atomic E-state index is 12.7. The summed E-state index contributed by atoms with van der Waals surface area (Å²) in [5.74, 6) is -0.298. The van der Waals surface area contributed by atoms with E-state index in [2.05, 4.69) is 0 Å². The van der Waals surface area contributed by atoms with Crippen molar-refractivity contribution in [1.29, 1.82) is 5.26 Å². The Morgan fingerprint density at radius 2 is 1.88 bits per heavy atom. The summed E-state index contributed by atoms with van der Waals surface area (Å²) in [6.07, 6.45) is -3.15. The van der Waals surface area contributed by atoms with Gasteiger partial charge in [0.15, 0.2) is 0 Å². The van der Waals surface area contributed by atoms with Crippen LogP contribution in [0.5, 0.6) is 5.75 Å². The van der Waals surface area contributed by atoms with Crippen LogP contribution in [0.15, 0.2) is 54.1 Å². The molecular weight excluding hydrogens is 347 g/mol. The molecule has 0 bridgehead atoms. The third-order valence-corrected chi connectivity index (χ3v) is 3.39. The third-order valence-electron chi connectivity index (χ3n) is 3.39. The molecule has 0 saturated heterocycles. The van der Waals surface area contributed by atoms with Gasteiger partial charge in [-0.2, -0.15) is 18.4 Å². The molecule has 0 aromatic heterocycles. The van der Waals surface area contributed by atoms with E-state index >= 15 is 0 Å². The average molecular weight is 361 g/mol. The Bertz CT molecular complexity index is 850. The smallest absolute Gasteiger partial charge is 0.416 e. The molecule has 0 fully saturated rings. The number of nitrogens with zero attached hydrogens (tertiary/aromatic N) is 1. The van der Waals surface area contributed by atoms with Crippen molar-refractivity contribution in [2.75, 3.05) is 7.11 Å². The van der Waals surface area contributed by atoms with Crippen LogP contribution in [-0.2, 0) is 22.3 Å². The minimum Gasteiger partial charge on any atom is -0.497 e. The molecule has 0 spiro atoms. The lowest BCUT2D eigenvalue weighted by Gasteiger charge is -2.09. The summed E-state index contributed by atoms with van der Waals surface area (Å²) in [5.41, 5.74) is -0.337. The van der Waals surface area contributed by atoms with Gasteiger partial charge in [-0.1, -0.05) is 24.3 Å². The normalized spacial score (nSPS) is 11.6. The predicted octanol–water partition coefficient (Wildman–Crippen LogP) is 4.36. The molecule has 2 aromatic carbocycles. The van der Waals surface area contributed by atoms with E-state index in [1.54, 1.807) is 30.3 Å². The second-order valence-electron chi connectivity index (χ2n) is 5.22. The van der Waals surface area contributed by atoms with Crippen molar-refractivity contribution >= 4 is 12.0 Å². The van der Waals surface area contributed by atoms with E-state index in [1.165, 1.54) is 25.3 Å². The first-order valence-corrected chi connectivity index (χ1v) is 7.42. The van der Waals surface area contributed by atoms with Gasteiger partial charge in [0.2, 0.25) is 0 Å². The predicted molar refractivity (Wildman–Crippen MR) is 87.8 cm³/mol. The van der Waals surface area contributed by atoms with Crippen LogP contribution in [0.3, 0.4) is 0 Å². The molecule has 0 amide bonds. The molecule has 0 aliphatic rings. The van der Waals surface area contributed by atoms with Gasteiger partial charge in [-0.25, -0.2) is 4.79 Å². The topological polar surface area (TPSA) is 59.3 Å². The van der Waals surface area contributed by atoms with Crippen LogP contribution < -0.4 is 4.74 Å². The van der Waals surface area contributed by atoms with Gasteiger partial charge in [0.25, 0.3) is 0 Å². The number of carbonyl (C=O) groups is 1. The van der Waals surface area contributed by atoms with Gasteiger partial charge in [-0.15, -0.1) is 0 Å². The largest absolute Gasteiger partial charge is 0.497 e. The molecule has 4 nitrogen and oxygen atoms in total. The zero-order valence-electron chi connectivity index (χ0n) is 13.7. The Hall–Kier alpha value is -3.27. The number of alkyl halides is 3. The van der Waals surface area contributed by atoms with Crippen molar-refractivity contribution in [2.24, 2.45) is 0 Å². The summed E-state index contributed by atoms with van der Waals surface area (Å²) < 4.78 is 48.0. The van der Waals surface area contributed by atoms with E-state index < -0.39 is 17.7 Å². The second kappa shape index (κ2) is 8.21. The molecule has 26 heavy (non-hydrogen) atoms. The molecule has 2 aromatic rings. The number of carbonyl (C=O) groups excluding carboxylic acids is 1. The summed E-state index contributed by atoms with van der Waals surface area (Å²) in [4.78, 5) is 12.0. The molecule has 0 N–H and O–H groups in total. The van der Waals surface area contributed by atoms with Gasteiger partial charge in [-0.05, 0) is 41.5 Å². The molecule has 0 heterocycles. The molecule has 0 radical (unpaired) electrons. The van der Waals surface area contributed by atoms with Crippen LogP contribution in [0.4, 0.5) is 13.2 Å². The first-order valence-electron chi connectivity index (χ1n) is 7.42. The molecule has 2 rings (SSSR count). The molecule has 0 aliphatic heterocycles. The summed E-state index contributed by atoms with van der Waals surface area (Å²) >= 11 is 0. The summed E-state index contributed by atoms with van der Waals surface area (Å²) in [6.45, 7) is -0.371.